The van der Waals surface area contributed by atoms with Crippen LogP contribution in [0.15, 0.2) is 60.7 Å². The molecule has 0 saturated heterocycles. The second-order valence-electron chi connectivity index (χ2n) is 7.52. The Morgan fingerprint density at radius 3 is 1.26 bits per heavy atom. The number of hydrogen-bond donors (Lipinski definition) is 0. The molecule has 0 amide bonds. The Kier molecular flexibility index (Phi) is 14.1. The van der Waals surface area contributed by atoms with Gasteiger partial charge < -0.3 is 14.2 Å². The molecule has 2 unspecified atom stereocenters. The predicted octanol–water partition coefficient (Wildman–Crippen LogP) is 6.48. The summed E-state index contributed by atoms with van der Waals surface area (Å²) in [7, 11) is 0. The SMILES string of the molecule is FC(F)(F)CCC(OCCc1ccccc1)OC(CCC(F)(F)F)OCCc1ccccc1.[Sn]. The summed E-state index contributed by atoms with van der Waals surface area (Å²) in [4.78, 5) is 0. The van der Waals surface area contributed by atoms with E-state index in [-0.39, 0.29) is 37.1 Å². The van der Waals surface area contributed by atoms with E-state index in [2.05, 4.69) is 0 Å². The number of ether oxygens (including phenoxy) is 3. The van der Waals surface area contributed by atoms with Gasteiger partial charge in [0.1, 0.15) is 0 Å². The first-order chi connectivity index (χ1) is 15.6. The van der Waals surface area contributed by atoms with Gasteiger partial charge in [0.15, 0.2) is 12.6 Å². The fourth-order valence-electron chi connectivity index (χ4n) is 3.02. The second-order valence-corrected chi connectivity index (χ2v) is 7.52. The molecule has 2 atom stereocenters. The molecule has 0 heterocycles. The van der Waals surface area contributed by atoms with Crippen molar-refractivity contribution in [2.24, 2.45) is 0 Å². The minimum absolute atomic E-state index is 0. The van der Waals surface area contributed by atoms with E-state index in [4.69, 9.17) is 14.2 Å². The van der Waals surface area contributed by atoms with Crippen LogP contribution >= 0.6 is 0 Å². The van der Waals surface area contributed by atoms with Crippen LogP contribution in [0.2, 0.25) is 0 Å². The van der Waals surface area contributed by atoms with Crippen molar-refractivity contribution in [3.8, 4) is 0 Å². The number of benzene rings is 2. The van der Waals surface area contributed by atoms with Gasteiger partial charge in [-0.2, -0.15) is 26.3 Å². The van der Waals surface area contributed by atoms with Gasteiger partial charge in [-0.25, -0.2) is 0 Å². The molecule has 0 aliphatic heterocycles. The van der Waals surface area contributed by atoms with E-state index in [0.717, 1.165) is 11.1 Å². The summed E-state index contributed by atoms with van der Waals surface area (Å²) in [6, 6.07) is 18.3. The van der Waals surface area contributed by atoms with E-state index in [1.807, 2.05) is 60.7 Å². The van der Waals surface area contributed by atoms with Crippen LogP contribution in [0.1, 0.15) is 36.8 Å². The Morgan fingerprint density at radius 1 is 0.588 bits per heavy atom. The number of rotatable bonds is 14. The van der Waals surface area contributed by atoms with Crippen molar-refractivity contribution in [3.05, 3.63) is 71.8 Å². The predicted molar refractivity (Wildman–Crippen MR) is 117 cm³/mol. The molecule has 2 aromatic rings. The van der Waals surface area contributed by atoms with Crippen LogP contribution < -0.4 is 0 Å². The van der Waals surface area contributed by atoms with Gasteiger partial charge in [0.2, 0.25) is 0 Å². The summed E-state index contributed by atoms with van der Waals surface area (Å²) in [5.74, 6) is 0. The maximum atomic E-state index is 12.7. The maximum Gasteiger partial charge on any atom is 0.389 e. The Bertz CT molecular complexity index is 706. The second kappa shape index (κ2) is 15.6. The smallest absolute Gasteiger partial charge is 0.352 e. The standard InChI is InChI=1S/C24H28F6O3.Sn/c25-23(26,27)15-11-21(31-17-13-19-7-3-1-4-8-19)33-22(12-16-24(28,29)30)32-18-14-20-9-5-2-6-10-20;/h1-10,21-22H,11-18H2;. The van der Waals surface area contributed by atoms with Crippen molar-refractivity contribution in [1.29, 1.82) is 0 Å². The van der Waals surface area contributed by atoms with E-state index in [1.54, 1.807) is 0 Å². The zero-order chi connectivity index (χ0) is 24.2. The molecule has 10 heteroatoms. The first-order valence-electron chi connectivity index (χ1n) is 10.7. The molecule has 4 radical (unpaired) electrons. The molecule has 0 aromatic heterocycles. The van der Waals surface area contributed by atoms with Crippen molar-refractivity contribution >= 4 is 23.9 Å². The molecule has 0 bridgehead atoms. The first-order valence-corrected chi connectivity index (χ1v) is 10.7. The Morgan fingerprint density at radius 2 is 0.941 bits per heavy atom. The summed E-state index contributed by atoms with van der Waals surface area (Å²) >= 11 is 0. The minimum Gasteiger partial charge on any atom is -0.352 e. The van der Waals surface area contributed by atoms with Crippen LogP contribution in [0.5, 0.6) is 0 Å². The van der Waals surface area contributed by atoms with E-state index in [9.17, 15) is 26.3 Å². The molecule has 2 aromatic carbocycles. The third-order valence-electron chi connectivity index (χ3n) is 4.71. The van der Waals surface area contributed by atoms with E-state index in [0.29, 0.717) is 12.8 Å². The maximum absolute atomic E-state index is 12.7. The molecule has 0 N–H and O–H groups in total. The number of hydrogen-bond acceptors (Lipinski definition) is 3. The van der Waals surface area contributed by atoms with Gasteiger partial charge in [0.05, 0.1) is 13.2 Å². The fourth-order valence-corrected chi connectivity index (χ4v) is 3.02. The van der Waals surface area contributed by atoms with Gasteiger partial charge in [-0.15, -0.1) is 0 Å². The molecule has 2 rings (SSSR count). The molecule has 0 aliphatic rings. The van der Waals surface area contributed by atoms with Crippen LogP contribution in [0, 0.1) is 0 Å². The minimum atomic E-state index is -4.44. The van der Waals surface area contributed by atoms with Gasteiger partial charge in [-0.05, 0) is 24.0 Å². The molecule has 3 nitrogen and oxygen atoms in total. The van der Waals surface area contributed by atoms with Crippen LogP contribution in [0.4, 0.5) is 26.3 Å². The van der Waals surface area contributed by atoms with Gasteiger partial charge in [-0.3, -0.25) is 0 Å². The molecule has 0 fully saturated rings. The van der Waals surface area contributed by atoms with Crippen LogP contribution in [0.25, 0.3) is 0 Å². The third-order valence-corrected chi connectivity index (χ3v) is 4.71. The Hall–Kier alpha value is -1.30. The van der Waals surface area contributed by atoms with Crippen molar-refractivity contribution in [2.45, 2.75) is 63.5 Å². The van der Waals surface area contributed by atoms with Crippen LogP contribution in [-0.2, 0) is 27.1 Å². The summed E-state index contributed by atoms with van der Waals surface area (Å²) in [6.07, 6.45) is -14.2. The van der Waals surface area contributed by atoms with E-state index >= 15 is 0 Å². The molecule has 188 valence electrons. The zero-order valence-corrected chi connectivity index (χ0v) is 21.4. The van der Waals surface area contributed by atoms with Crippen molar-refractivity contribution in [3.63, 3.8) is 0 Å². The van der Waals surface area contributed by atoms with Gasteiger partial charge in [0.25, 0.3) is 0 Å². The average molecular weight is 597 g/mol. The van der Waals surface area contributed by atoms with Crippen molar-refractivity contribution in [1.82, 2.24) is 0 Å². The zero-order valence-electron chi connectivity index (χ0n) is 18.6. The topological polar surface area (TPSA) is 27.7 Å². The largest absolute Gasteiger partial charge is 0.389 e. The van der Waals surface area contributed by atoms with Gasteiger partial charge in [-0.1, -0.05) is 60.7 Å². The fraction of sp³-hybridized carbons (Fsp3) is 0.500. The van der Waals surface area contributed by atoms with Crippen LogP contribution in [0.3, 0.4) is 0 Å². The summed E-state index contributed by atoms with van der Waals surface area (Å²) in [6.45, 7) is 0.116. The van der Waals surface area contributed by atoms with E-state index in [1.165, 1.54) is 0 Å². The quantitative estimate of drug-likeness (QED) is 0.142. The molecule has 0 spiro atoms. The Labute approximate surface area is 212 Å². The van der Waals surface area contributed by atoms with Crippen molar-refractivity contribution in [2.75, 3.05) is 13.2 Å². The number of alkyl halides is 6. The van der Waals surface area contributed by atoms with Crippen molar-refractivity contribution < 1.29 is 40.6 Å². The molecular formula is C24H28F6O3Sn. The van der Waals surface area contributed by atoms with E-state index < -0.39 is 50.6 Å². The monoisotopic (exact) mass is 598 g/mol. The molecule has 0 saturated carbocycles. The van der Waals surface area contributed by atoms with Gasteiger partial charge >= 0.3 is 12.4 Å². The van der Waals surface area contributed by atoms with Gasteiger partial charge in [0, 0.05) is 49.6 Å². The average Bonchev–Trinajstić information content (AvgIpc) is 2.76. The third kappa shape index (κ3) is 14.9. The number of halogens is 6. The summed E-state index contributed by atoms with van der Waals surface area (Å²) < 4.78 is 92.9. The molecular weight excluding hydrogens is 569 g/mol. The normalized spacial score (nSPS) is 13.8. The first kappa shape index (κ1) is 30.7. The molecule has 34 heavy (non-hydrogen) atoms. The van der Waals surface area contributed by atoms with Crippen LogP contribution in [-0.4, -0.2) is 62.1 Å². The Balaban J connectivity index is 0.00000578. The molecule has 0 aliphatic carbocycles. The summed E-state index contributed by atoms with van der Waals surface area (Å²) in [5, 5.41) is 0. The summed E-state index contributed by atoms with van der Waals surface area (Å²) in [5.41, 5.74) is 1.83.